The van der Waals surface area contributed by atoms with E-state index in [2.05, 4.69) is 12.1 Å². The summed E-state index contributed by atoms with van der Waals surface area (Å²) < 4.78 is 20.5. The molecule has 1 unspecified atom stereocenters. The van der Waals surface area contributed by atoms with Crippen molar-refractivity contribution in [2.24, 2.45) is 5.92 Å². The van der Waals surface area contributed by atoms with Crippen molar-refractivity contribution in [3.05, 3.63) is 83.2 Å². The lowest BCUT2D eigenvalue weighted by Crippen LogP contribution is -2.16. The molecule has 0 amide bonds. The number of rotatable bonds is 6. The minimum absolute atomic E-state index is 0.0286. The van der Waals surface area contributed by atoms with E-state index in [1.165, 1.54) is 18.2 Å². The van der Waals surface area contributed by atoms with Crippen molar-refractivity contribution in [1.82, 2.24) is 0 Å². The lowest BCUT2D eigenvalue weighted by Gasteiger charge is -2.28. The van der Waals surface area contributed by atoms with Crippen molar-refractivity contribution in [2.45, 2.75) is 44.1 Å². The summed E-state index contributed by atoms with van der Waals surface area (Å²) in [7, 11) is 0. The van der Waals surface area contributed by atoms with Crippen molar-refractivity contribution < 1.29 is 24.1 Å². The molecule has 32 heavy (non-hydrogen) atoms. The molecule has 1 fully saturated rings. The first kappa shape index (κ1) is 20.6. The number of aromatic hydroxyl groups is 1. The Morgan fingerprint density at radius 1 is 1.03 bits per heavy atom. The smallest absolute Gasteiger partial charge is 0.303 e. The average Bonchev–Trinajstić information content (AvgIpc) is 3.64. The Morgan fingerprint density at radius 3 is 2.53 bits per heavy atom. The summed E-state index contributed by atoms with van der Waals surface area (Å²) in [6.07, 6.45) is 3.94. The van der Waals surface area contributed by atoms with Crippen molar-refractivity contribution in [2.75, 3.05) is 0 Å². The van der Waals surface area contributed by atoms with Crippen LogP contribution in [0.25, 0.3) is 11.1 Å². The van der Waals surface area contributed by atoms with Gasteiger partial charge in [-0.2, -0.15) is 0 Å². The SMILES string of the molecule is O=C(O)C[C@H](c1ccc2c(c1)OC(c1ccc(-c3cc(O)ccc3F)cc1)CC2)C1CC1. The van der Waals surface area contributed by atoms with E-state index in [1.54, 1.807) is 0 Å². The molecule has 1 heterocycles. The van der Waals surface area contributed by atoms with Crippen molar-refractivity contribution in [1.29, 1.82) is 0 Å². The predicted octanol–water partition coefficient (Wildman–Crippen LogP) is 6.23. The highest BCUT2D eigenvalue weighted by Crippen LogP contribution is 2.46. The summed E-state index contributed by atoms with van der Waals surface area (Å²) in [5.41, 5.74) is 4.26. The summed E-state index contributed by atoms with van der Waals surface area (Å²) in [6.45, 7) is 0. The van der Waals surface area contributed by atoms with Crippen LogP contribution in [0.5, 0.6) is 11.5 Å². The lowest BCUT2D eigenvalue weighted by molar-refractivity contribution is -0.137. The molecule has 3 aromatic rings. The largest absolute Gasteiger partial charge is 0.508 e. The second-order valence-corrected chi connectivity index (χ2v) is 8.84. The van der Waals surface area contributed by atoms with Gasteiger partial charge < -0.3 is 14.9 Å². The van der Waals surface area contributed by atoms with Crippen LogP contribution in [0.4, 0.5) is 4.39 Å². The summed E-state index contributed by atoms with van der Waals surface area (Å²) in [4.78, 5) is 11.3. The highest BCUT2D eigenvalue weighted by atomic mass is 19.1. The van der Waals surface area contributed by atoms with Crippen molar-refractivity contribution in [3.63, 3.8) is 0 Å². The van der Waals surface area contributed by atoms with Gasteiger partial charge in [-0.3, -0.25) is 4.79 Å². The van der Waals surface area contributed by atoms with Crippen LogP contribution < -0.4 is 4.74 Å². The zero-order chi connectivity index (χ0) is 22.2. The van der Waals surface area contributed by atoms with E-state index in [0.717, 1.165) is 48.1 Å². The molecule has 0 radical (unpaired) electrons. The molecule has 4 nitrogen and oxygen atoms in total. The highest BCUT2D eigenvalue weighted by molar-refractivity contribution is 5.68. The fourth-order valence-corrected chi connectivity index (χ4v) is 4.71. The Hall–Kier alpha value is -3.34. The molecule has 0 saturated heterocycles. The van der Waals surface area contributed by atoms with Crippen LogP contribution in [-0.2, 0) is 11.2 Å². The number of hydrogen-bond donors (Lipinski definition) is 2. The van der Waals surface area contributed by atoms with Crippen LogP contribution in [0.15, 0.2) is 60.7 Å². The third kappa shape index (κ3) is 4.20. The Kier molecular flexibility index (Phi) is 5.33. The van der Waals surface area contributed by atoms with Gasteiger partial charge in [-0.15, -0.1) is 0 Å². The third-order valence-electron chi connectivity index (χ3n) is 6.59. The van der Waals surface area contributed by atoms with Gasteiger partial charge in [0.2, 0.25) is 0 Å². The van der Waals surface area contributed by atoms with Gasteiger partial charge in [-0.05, 0) is 84.0 Å². The van der Waals surface area contributed by atoms with Gasteiger partial charge >= 0.3 is 5.97 Å². The standard InChI is InChI=1S/C27H25FO4/c28-24-11-10-21(29)14-23(24)17-3-5-18(6-4-17)25-12-9-19-7-8-20(13-26(19)32-25)22(15-27(30)31)16-1-2-16/h3-8,10-11,13-14,16,22,25,29H,1-2,9,12,15H2,(H,30,31)/t22-,25?/m0/s1. The Bertz CT molecular complexity index is 1150. The maximum absolute atomic E-state index is 14.1. The number of phenolic OH excluding ortho intramolecular Hbond substituents is 1. The van der Waals surface area contributed by atoms with Crippen LogP contribution in [0, 0.1) is 11.7 Å². The van der Waals surface area contributed by atoms with E-state index in [-0.39, 0.29) is 30.0 Å². The fourth-order valence-electron chi connectivity index (χ4n) is 4.71. The van der Waals surface area contributed by atoms with E-state index in [1.807, 2.05) is 30.3 Å². The molecule has 2 N–H and O–H groups in total. The molecule has 3 aromatic carbocycles. The molecule has 1 aliphatic heterocycles. The van der Waals surface area contributed by atoms with E-state index in [9.17, 15) is 19.4 Å². The normalized spacial score (nSPS) is 18.5. The van der Waals surface area contributed by atoms with Gasteiger partial charge in [0, 0.05) is 5.56 Å². The fraction of sp³-hybridized carbons (Fsp3) is 0.296. The summed E-state index contributed by atoms with van der Waals surface area (Å²) >= 11 is 0. The molecular weight excluding hydrogens is 407 g/mol. The van der Waals surface area contributed by atoms with Crippen LogP contribution in [-0.4, -0.2) is 16.2 Å². The van der Waals surface area contributed by atoms with Gasteiger partial charge in [0.25, 0.3) is 0 Å². The van der Waals surface area contributed by atoms with E-state index < -0.39 is 5.97 Å². The van der Waals surface area contributed by atoms with Crippen LogP contribution in [0.2, 0.25) is 0 Å². The maximum atomic E-state index is 14.1. The quantitative estimate of drug-likeness (QED) is 0.484. The number of aliphatic carboxylic acids is 1. The first-order valence-electron chi connectivity index (χ1n) is 11.1. The van der Waals surface area contributed by atoms with Gasteiger partial charge in [-0.25, -0.2) is 4.39 Å². The molecule has 0 spiro atoms. The first-order valence-corrected chi connectivity index (χ1v) is 11.1. The average molecular weight is 432 g/mol. The molecule has 2 aliphatic rings. The number of halogens is 1. The zero-order valence-electron chi connectivity index (χ0n) is 17.6. The van der Waals surface area contributed by atoms with Gasteiger partial charge in [0.05, 0.1) is 6.42 Å². The van der Waals surface area contributed by atoms with Gasteiger partial charge in [-0.1, -0.05) is 36.4 Å². The predicted molar refractivity (Wildman–Crippen MR) is 119 cm³/mol. The second kappa shape index (κ2) is 8.30. The number of phenols is 1. The maximum Gasteiger partial charge on any atom is 0.303 e. The zero-order valence-corrected chi connectivity index (χ0v) is 17.6. The molecule has 0 bridgehead atoms. The van der Waals surface area contributed by atoms with E-state index in [0.29, 0.717) is 17.0 Å². The van der Waals surface area contributed by atoms with Crippen molar-refractivity contribution in [3.8, 4) is 22.6 Å². The Balaban J connectivity index is 1.36. The summed E-state index contributed by atoms with van der Waals surface area (Å²) in [5.74, 6) is 0.213. The molecule has 164 valence electrons. The summed E-state index contributed by atoms with van der Waals surface area (Å²) in [6, 6.07) is 17.8. The number of hydrogen-bond acceptors (Lipinski definition) is 3. The number of fused-ring (bicyclic) bond motifs is 1. The molecule has 1 aliphatic carbocycles. The molecule has 0 aromatic heterocycles. The van der Waals surface area contributed by atoms with Crippen LogP contribution in [0.1, 0.15) is 54.4 Å². The number of ether oxygens (including phenoxy) is 1. The molecule has 5 rings (SSSR count). The van der Waals surface area contributed by atoms with Crippen molar-refractivity contribution >= 4 is 5.97 Å². The Morgan fingerprint density at radius 2 is 1.81 bits per heavy atom. The summed E-state index contributed by atoms with van der Waals surface area (Å²) in [5, 5.41) is 19.0. The number of carboxylic acids is 1. The van der Waals surface area contributed by atoms with Gasteiger partial charge in [0.15, 0.2) is 0 Å². The van der Waals surface area contributed by atoms with E-state index >= 15 is 0 Å². The first-order chi connectivity index (χ1) is 15.5. The number of carboxylic acid groups (broad SMARTS) is 1. The number of carbonyl (C=O) groups is 1. The molecular formula is C27H25FO4. The second-order valence-electron chi connectivity index (χ2n) is 8.84. The third-order valence-corrected chi connectivity index (χ3v) is 6.59. The minimum atomic E-state index is -0.762. The lowest BCUT2D eigenvalue weighted by atomic mass is 9.88. The van der Waals surface area contributed by atoms with Gasteiger partial charge in [0.1, 0.15) is 23.4 Å². The highest BCUT2D eigenvalue weighted by Gasteiger charge is 2.34. The van der Waals surface area contributed by atoms with E-state index in [4.69, 9.17) is 4.74 Å². The molecule has 1 saturated carbocycles. The Labute approximate surface area is 186 Å². The molecule has 5 heteroatoms. The van der Waals surface area contributed by atoms with Crippen LogP contribution in [0.3, 0.4) is 0 Å². The monoisotopic (exact) mass is 432 g/mol. The number of benzene rings is 3. The van der Waals surface area contributed by atoms with Crippen LogP contribution >= 0.6 is 0 Å². The topological polar surface area (TPSA) is 66.8 Å². The minimum Gasteiger partial charge on any atom is -0.508 e. The number of aryl methyl sites for hydroxylation is 1. The molecule has 2 atom stereocenters.